The minimum atomic E-state index is -0.0703. The topological polar surface area (TPSA) is 35.6 Å². The van der Waals surface area contributed by atoms with Crippen molar-refractivity contribution < 1.29 is 4.79 Å². The Morgan fingerprint density at radius 1 is 1.35 bits per heavy atom. The van der Waals surface area contributed by atoms with Crippen LogP contribution in [0.5, 0.6) is 0 Å². The number of thiophene rings is 1. The number of carbonyl (C=O) groups excluding carboxylic acids is 1. The normalized spacial score (nSPS) is 15.8. The summed E-state index contributed by atoms with van der Waals surface area (Å²) in [5.41, 5.74) is 1.75. The molecule has 6 heteroatoms. The maximum atomic E-state index is 13.1. The van der Waals surface area contributed by atoms with E-state index >= 15 is 0 Å². The molecule has 4 nitrogen and oxygen atoms in total. The van der Waals surface area contributed by atoms with Crippen LogP contribution in [0.2, 0.25) is 5.02 Å². The molecule has 1 fully saturated rings. The van der Waals surface area contributed by atoms with Crippen LogP contribution in [0.1, 0.15) is 30.2 Å². The van der Waals surface area contributed by atoms with E-state index in [0.717, 1.165) is 38.0 Å². The van der Waals surface area contributed by atoms with Gasteiger partial charge in [0.15, 0.2) is 0 Å². The third-order valence-corrected chi connectivity index (χ3v) is 6.15. The Kier molecular flexibility index (Phi) is 6.57. The molecule has 1 aliphatic rings. The van der Waals surface area contributed by atoms with Crippen molar-refractivity contribution >= 4 is 34.7 Å². The highest BCUT2D eigenvalue weighted by Gasteiger charge is 2.28. The molecule has 2 aromatic rings. The monoisotopic (exact) mass is 391 g/mol. The van der Waals surface area contributed by atoms with E-state index in [1.807, 2.05) is 36.1 Å². The second-order valence-corrected chi connectivity index (χ2v) is 8.23. The number of piperidine rings is 1. The number of hydrogen-bond acceptors (Lipinski definition) is 3. The molecule has 0 radical (unpaired) electrons. The van der Waals surface area contributed by atoms with Gasteiger partial charge in [0.25, 0.3) is 0 Å². The van der Waals surface area contributed by atoms with Gasteiger partial charge in [-0.1, -0.05) is 30.7 Å². The summed E-state index contributed by atoms with van der Waals surface area (Å²) in [5.74, 6) is 0. The van der Waals surface area contributed by atoms with Gasteiger partial charge in [0.1, 0.15) is 0 Å². The minimum absolute atomic E-state index is 0.0703. The number of likely N-dealkylation sites (tertiary alicyclic amines) is 1. The molecule has 1 saturated heterocycles. The van der Waals surface area contributed by atoms with E-state index < -0.39 is 0 Å². The third kappa shape index (κ3) is 4.78. The molecule has 0 aliphatic carbocycles. The maximum absolute atomic E-state index is 13.1. The lowest BCUT2D eigenvalue weighted by molar-refractivity contribution is 0.127. The van der Waals surface area contributed by atoms with E-state index in [0.29, 0.717) is 17.3 Å². The zero-order valence-electron chi connectivity index (χ0n) is 15.4. The number of benzene rings is 1. The summed E-state index contributed by atoms with van der Waals surface area (Å²) >= 11 is 8.00. The molecule has 0 spiro atoms. The van der Waals surface area contributed by atoms with Crippen molar-refractivity contribution in [1.82, 2.24) is 9.80 Å². The van der Waals surface area contributed by atoms with Crippen LogP contribution in [0.25, 0.3) is 0 Å². The number of carbonyl (C=O) groups is 1. The van der Waals surface area contributed by atoms with Gasteiger partial charge < -0.3 is 15.1 Å². The molecular weight excluding hydrogens is 366 g/mol. The average Bonchev–Trinajstić information content (AvgIpc) is 3.15. The SMILES string of the molecule is CCN1CCC(N(Cc2cccs2)C(=O)Nc2ccc(C)cc2Cl)CC1. The summed E-state index contributed by atoms with van der Waals surface area (Å²) in [7, 11) is 0. The van der Waals surface area contributed by atoms with Gasteiger partial charge >= 0.3 is 6.03 Å². The van der Waals surface area contributed by atoms with Crippen LogP contribution < -0.4 is 5.32 Å². The molecular formula is C20H26ClN3OS. The van der Waals surface area contributed by atoms with Crippen LogP contribution in [-0.2, 0) is 6.54 Å². The van der Waals surface area contributed by atoms with E-state index in [-0.39, 0.29) is 12.1 Å². The Morgan fingerprint density at radius 3 is 2.73 bits per heavy atom. The van der Waals surface area contributed by atoms with Crippen molar-refractivity contribution in [1.29, 1.82) is 0 Å². The maximum Gasteiger partial charge on any atom is 0.322 e. The minimum Gasteiger partial charge on any atom is -0.316 e. The van der Waals surface area contributed by atoms with Crippen LogP contribution in [0.15, 0.2) is 35.7 Å². The molecule has 3 rings (SSSR count). The smallest absolute Gasteiger partial charge is 0.316 e. The van der Waals surface area contributed by atoms with Crippen LogP contribution in [0.4, 0.5) is 10.5 Å². The van der Waals surface area contributed by atoms with E-state index in [1.165, 1.54) is 4.88 Å². The first kappa shape index (κ1) is 19.2. The molecule has 140 valence electrons. The van der Waals surface area contributed by atoms with E-state index in [9.17, 15) is 4.79 Å². The van der Waals surface area contributed by atoms with Crippen molar-refractivity contribution in [2.24, 2.45) is 0 Å². The van der Waals surface area contributed by atoms with Crippen molar-refractivity contribution in [2.45, 2.75) is 39.3 Å². The number of urea groups is 1. The summed E-state index contributed by atoms with van der Waals surface area (Å²) in [6.07, 6.45) is 2.02. The molecule has 0 saturated carbocycles. The second kappa shape index (κ2) is 8.89. The van der Waals surface area contributed by atoms with E-state index in [1.54, 1.807) is 11.3 Å². The van der Waals surface area contributed by atoms with Gasteiger partial charge in [0.2, 0.25) is 0 Å². The first-order chi connectivity index (χ1) is 12.6. The number of aryl methyl sites for hydroxylation is 1. The quantitative estimate of drug-likeness (QED) is 0.757. The van der Waals surface area contributed by atoms with Gasteiger partial charge in [-0.3, -0.25) is 0 Å². The Labute approximate surface area is 164 Å². The number of rotatable bonds is 5. The molecule has 0 bridgehead atoms. The Hall–Kier alpha value is -1.56. The predicted molar refractivity (Wildman–Crippen MR) is 110 cm³/mol. The van der Waals surface area contributed by atoms with Gasteiger partial charge in [-0.15, -0.1) is 11.3 Å². The summed E-state index contributed by atoms with van der Waals surface area (Å²) < 4.78 is 0. The fourth-order valence-electron chi connectivity index (χ4n) is 3.39. The zero-order chi connectivity index (χ0) is 18.5. The molecule has 2 heterocycles. The first-order valence-electron chi connectivity index (χ1n) is 9.15. The number of halogens is 1. The fraction of sp³-hybridized carbons (Fsp3) is 0.450. The number of anilines is 1. The Bertz CT molecular complexity index is 727. The largest absolute Gasteiger partial charge is 0.322 e. The molecule has 1 N–H and O–H groups in total. The number of nitrogens with zero attached hydrogens (tertiary/aromatic N) is 2. The lowest BCUT2D eigenvalue weighted by Gasteiger charge is -2.38. The first-order valence-corrected chi connectivity index (χ1v) is 10.4. The van der Waals surface area contributed by atoms with Crippen molar-refractivity contribution in [2.75, 3.05) is 25.0 Å². The van der Waals surface area contributed by atoms with Crippen LogP contribution in [0, 0.1) is 6.92 Å². The van der Waals surface area contributed by atoms with Crippen molar-refractivity contribution in [3.05, 3.63) is 51.2 Å². The number of hydrogen-bond donors (Lipinski definition) is 1. The molecule has 0 unspecified atom stereocenters. The zero-order valence-corrected chi connectivity index (χ0v) is 16.9. The van der Waals surface area contributed by atoms with E-state index in [4.69, 9.17) is 11.6 Å². The molecule has 2 amide bonds. The third-order valence-electron chi connectivity index (χ3n) is 4.98. The summed E-state index contributed by atoms with van der Waals surface area (Å²) in [6.45, 7) is 7.98. The summed E-state index contributed by atoms with van der Waals surface area (Å²) in [4.78, 5) is 18.7. The molecule has 1 aliphatic heterocycles. The standard InChI is InChI=1S/C20H26ClN3OS/c1-3-23-10-8-16(9-11-23)24(14-17-5-4-12-26-17)20(25)22-19-7-6-15(2)13-18(19)21/h4-7,12-13,16H,3,8-11,14H2,1-2H3,(H,22,25). The number of nitrogens with one attached hydrogen (secondary N) is 1. The van der Waals surface area contributed by atoms with Gasteiger partial charge in [-0.2, -0.15) is 0 Å². The summed E-state index contributed by atoms with van der Waals surface area (Å²) in [5, 5.41) is 5.65. The highest BCUT2D eigenvalue weighted by molar-refractivity contribution is 7.09. The van der Waals surface area contributed by atoms with Gasteiger partial charge in [0.05, 0.1) is 17.3 Å². The Morgan fingerprint density at radius 2 is 2.12 bits per heavy atom. The van der Waals surface area contributed by atoms with Crippen molar-refractivity contribution in [3.63, 3.8) is 0 Å². The molecule has 1 aromatic heterocycles. The van der Waals surface area contributed by atoms with Crippen LogP contribution in [0.3, 0.4) is 0 Å². The molecule has 26 heavy (non-hydrogen) atoms. The molecule has 0 atom stereocenters. The van der Waals surface area contributed by atoms with Gasteiger partial charge in [-0.05, 0) is 55.5 Å². The Balaban J connectivity index is 1.74. The lowest BCUT2D eigenvalue weighted by Crippen LogP contribution is -2.48. The van der Waals surface area contributed by atoms with E-state index in [2.05, 4.69) is 28.6 Å². The summed E-state index contributed by atoms with van der Waals surface area (Å²) in [6, 6.07) is 10.0. The molecule has 1 aromatic carbocycles. The highest BCUT2D eigenvalue weighted by atomic mass is 35.5. The van der Waals surface area contributed by atoms with Gasteiger partial charge in [0, 0.05) is 24.0 Å². The average molecular weight is 392 g/mol. The highest BCUT2D eigenvalue weighted by Crippen LogP contribution is 2.26. The van der Waals surface area contributed by atoms with Crippen molar-refractivity contribution in [3.8, 4) is 0 Å². The van der Waals surface area contributed by atoms with Crippen LogP contribution in [-0.4, -0.2) is 41.5 Å². The van der Waals surface area contributed by atoms with Gasteiger partial charge in [-0.25, -0.2) is 4.79 Å². The number of amides is 2. The van der Waals surface area contributed by atoms with Crippen LogP contribution >= 0.6 is 22.9 Å². The lowest BCUT2D eigenvalue weighted by atomic mass is 10.0. The predicted octanol–water partition coefficient (Wildman–Crippen LogP) is 5.23. The fourth-order valence-corrected chi connectivity index (χ4v) is 4.38. The second-order valence-electron chi connectivity index (χ2n) is 6.79.